The van der Waals surface area contributed by atoms with E-state index in [1.165, 1.54) is 11.3 Å². The van der Waals surface area contributed by atoms with Crippen LogP contribution >= 0.6 is 22.9 Å². The molecule has 3 aromatic heterocycles. The van der Waals surface area contributed by atoms with Crippen LogP contribution < -0.4 is 5.69 Å². The van der Waals surface area contributed by atoms with E-state index in [0.29, 0.717) is 5.02 Å². The van der Waals surface area contributed by atoms with Crippen molar-refractivity contribution in [2.75, 3.05) is 0 Å². The van der Waals surface area contributed by atoms with Crippen LogP contribution in [-0.2, 0) is 18.3 Å². The molecular weight excluding hydrogens is 520 g/mol. The van der Waals surface area contributed by atoms with Gasteiger partial charge in [0.05, 0.1) is 33.4 Å². The summed E-state index contributed by atoms with van der Waals surface area (Å²) in [6, 6.07) is 19.1. The van der Waals surface area contributed by atoms with Crippen molar-refractivity contribution in [3.63, 3.8) is 0 Å². The van der Waals surface area contributed by atoms with Crippen molar-refractivity contribution >= 4 is 50.2 Å². The lowest BCUT2D eigenvalue weighted by Gasteiger charge is -2.13. The fourth-order valence-electron chi connectivity index (χ4n) is 4.78. The molecule has 0 bridgehead atoms. The summed E-state index contributed by atoms with van der Waals surface area (Å²) in [6.07, 6.45) is 1.66. The molecule has 0 aliphatic heterocycles. The molecule has 2 N–H and O–H groups in total. The van der Waals surface area contributed by atoms with Crippen molar-refractivity contribution in [2.24, 2.45) is 7.05 Å². The van der Waals surface area contributed by atoms with Gasteiger partial charge in [-0.25, -0.2) is 9.78 Å². The number of fused-ring (bicyclic) bond motifs is 2. The summed E-state index contributed by atoms with van der Waals surface area (Å²) in [5.41, 5.74) is 8.16. The molecule has 38 heavy (non-hydrogen) atoms. The summed E-state index contributed by atoms with van der Waals surface area (Å²) in [6.45, 7) is 1.92. The van der Waals surface area contributed by atoms with Crippen LogP contribution in [0.1, 0.15) is 11.1 Å². The lowest BCUT2D eigenvalue weighted by Crippen LogP contribution is -2.11. The van der Waals surface area contributed by atoms with Crippen molar-refractivity contribution in [1.82, 2.24) is 19.5 Å². The Morgan fingerprint density at radius 3 is 2.58 bits per heavy atom. The van der Waals surface area contributed by atoms with E-state index in [1.807, 2.05) is 67.6 Å². The smallest absolute Gasteiger partial charge is 0.326 e. The van der Waals surface area contributed by atoms with Crippen molar-refractivity contribution in [2.45, 2.75) is 13.3 Å². The Balaban J connectivity index is 1.50. The number of hydrogen-bond donors (Lipinski definition) is 2. The maximum Gasteiger partial charge on any atom is 0.326 e. The molecule has 0 unspecified atom stereocenters. The van der Waals surface area contributed by atoms with Gasteiger partial charge in [0.2, 0.25) is 0 Å². The van der Waals surface area contributed by atoms with Crippen molar-refractivity contribution in [1.29, 1.82) is 0 Å². The van der Waals surface area contributed by atoms with Crippen molar-refractivity contribution in [3.05, 3.63) is 93.5 Å². The monoisotopic (exact) mass is 540 g/mol. The molecule has 7 nitrogen and oxygen atoms in total. The molecule has 0 aliphatic carbocycles. The molecule has 6 rings (SSSR count). The van der Waals surface area contributed by atoms with E-state index in [2.05, 4.69) is 9.97 Å². The minimum atomic E-state index is -0.886. The lowest BCUT2D eigenvalue weighted by atomic mass is 9.93. The highest BCUT2D eigenvalue weighted by Crippen LogP contribution is 2.41. The number of rotatable bonds is 5. The van der Waals surface area contributed by atoms with Crippen molar-refractivity contribution in [3.8, 4) is 33.0 Å². The van der Waals surface area contributed by atoms with Crippen LogP contribution in [0.4, 0.5) is 0 Å². The number of aryl methyl sites for hydroxylation is 2. The summed E-state index contributed by atoms with van der Waals surface area (Å²) in [5.74, 6) is -0.886. The number of thiazole rings is 1. The van der Waals surface area contributed by atoms with Crippen LogP contribution in [0.3, 0.4) is 0 Å². The number of carboxylic acids is 1. The summed E-state index contributed by atoms with van der Waals surface area (Å²) < 4.78 is 2.49. The molecule has 0 saturated heterocycles. The van der Waals surface area contributed by atoms with Crippen LogP contribution in [0, 0.1) is 6.92 Å². The Morgan fingerprint density at radius 2 is 1.82 bits per heavy atom. The van der Waals surface area contributed by atoms with E-state index in [1.54, 1.807) is 17.8 Å². The number of H-pyrrole nitrogens is 1. The third-order valence-corrected chi connectivity index (χ3v) is 8.07. The number of halogens is 1. The van der Waals surface area contributed by atoms with Gasteiger partial charge in [-0.05, 0) is 66.1 Å². The Hall–Kier alpha value is -4.27. The second kappa shape index (κ2) is 9.24. The number of benzene rings is 3. The zero-order valence-corrected chi connectivity index (χ0v) is 22.0. The van der Waals surface area contributed by atoms with Crippen LogP contribution in [0.5, 0.6) is 0 Å². The molecule has 6 aromatic rings. The Kier molecular flexibility index (Phi) is 5.86. The molecule has 0 radical (unpaired) electrons. The number of carbonyl (C=O) groups is 1. The quantitative estimate of drug-likeness (QED) is 0.261. The number of nitrogens with one attached hydrogen (secondary N) is 1. The molecule has 0 atom stereocenters. The van der Waals surface area contributed by atoms with E-state index in [-0.39, 0.29) is 12.1 Å². The van der Waals surface area contributed by atoms with E-state index >= 15 is 0 Å². The number of pyridine rings is 1. The standard InChI is InChI=1S/C29H21ClN4O3S/c1-15-11-23-27(26(20(15)14-25(35)36)16-3-6-19(30)7-4-16)38-28(32-23)18-9-10-31-21(13-18)17-5-8-24-22(12-17)33-29(37)34(24)2/h3-13H,14H2,1-2H3,(H,33,37)(H,35,36). The minimum absolute atomic E-state index is 0.0869. The summed E-state index contributed by atoms with van der Waals surface area (Å²) >= 11 is 7.66. The first kappa shape index (κ1) is 24.1. The number of nitrogens with zero attached hydrogens (tertiary/aromatic N) is 3. The van der Waals surface area contributed by atoms with Crippen molar-refractivity contribution < 1.29 is 9.90 Å². The Labute approximate surface area is 226 Å². The molecule has 0 aliphatic rings. The third kappa shape index (κ3) is 4.17. The molecule has 0 spiro atoms. The molecule has 0 saturated carbocycles. The highest BCUT2D eigenvalue weighted by Gasteiger charge is 2.20. The largest absolute Gasteiger partial charge is 0.481 e. The lowest BCUT2D eigenvalue weighted by molar-refractivity contribution is -0.136. The molecule has 9 heteroatoms. The average Bonchev–Trinajstić information content (AvgIpc) is 3.44. The van der Waals surface area contributed by atoms with Crippen LogP contribution in [0.25, 0.3) is 54.2 Å². The predicted octanol–water partition coefficient (Wildman–Crippen LogP) is 6.46. The fraction of sp³-hybridized carbons (Fsp3) is 0.103. The van der Waals surface area contributed by atoms with Crippen LogP contribution in [0.2, 0.25) is 5.02 Å². The van der Waals surface area contributed by atoms with Gasteiger partial charge in [-0.15, -0.1) is 11.3 Å². The van der Waals surface area contributed by atoms with Crippen LogP contribution in [0.15, 0.2) is 71.7 Å². The maximum atomic E-state index is 12.0. The zero-order valence-electron chi connectivity index (χ0n) is 20.4. The number of aromatic amines is 1. The minimum Gasteiger partial charge on any atom is -0.481 e. The number of imidazole rings is 1. The Morgan fingerprint density at radius 1 is 1.05 bits per heavy atom. The van der Waals surface area contributed by atoms with Gasteiger partial charge in [0.1, 0.15) is 5.01 Å². The van der Waals surface area contributed by atoms with Gasteiger partial charge in [0.25, 0.3) is 0 Å². The number of carboxylic acid groups (broad SMARTS) is 1. The summed E-state index contributed by atoms with van der Waals surface area (Å²) in [7, 11) is 1.73. The Bertz CT molecular complexity index is 1940. The average molecular weight is 541 g/mol. The SMILES string of the molecule is Cc1cc2nc(-c3ccnc(-c4ccc5c(c4)[nH]c(=O)n5C)c3)sc2c(-c2ccc(Cl)cc2)c1CC(=O)O. The molecule has 3 aromatic carbocycles. The molecule has 0 fully saturated rings. The van der Waals surface area contributed by atoms with Gasteiger partial charge in [-0.1, -0.05) is 29.8 Å². The molecule has 0 amide bonds. The topological polar surface area (TPSA) is 101 Å². The number of aliphatic carboxylic acids is 1. The number of hydrogen-bond acceptors (Lipinski definition) is 5. The van der Waals surface area contributed by atoms with Gasteiger partial charge in [0, 0.05) is 35.0 Å². The predicted molar refractivity (Wildman–Crippen MR) is 152 cm³/mol. The summed E-state index contributed by atoms with van der Waals surface area (Å²) in [5, 5.41) is 11.0. The first-order chi connectivity index (χ1) is 18.3. The first-order valence-electron chi connectivity index (χ1n) is 11.8. The number of aromatic nitrogens is 4. The molecule has 3 heterocycles. The van der Waals surface area contributed by atoms with E-state index in [0.717, 1.165) is 65.3 Å². The highest BCUT2D eigenvalue weighted by atomic mass is 35.5. The highest BCUT2D eigenvalue weighted by molar-refractivity contribution is 7.22. The van der Waals surface area contributed by atoms with Gasteiger partial charge in [0.15, 0.2) is 0 Å². The second-order valence-corrected chi connectivity index (χ2v) is 10.6. The van der Waals surface area contributed by atoms with Gasteiger partial charge in [-0.3, -0.25) is 14.3 Å². The van der Waals surface area contributed by atoms with E-state index in [4.69, 9.17) is 16.6 Å². The van der Waals surface area contributed by atoms with Gasteiger partial charge >= 0.3 is 11.7 Å². The fourth-order valence-corrected chi connectivity index (χ4v) is 6.04. The maximum absolute atomic E-state index is 12.0. The zero-order chi connectivity index (χ0) is 26.6. The first-order valence-corrected chi connectivity index (χ1v) is 13.0. The molecule has 188 valence electrons. The third-order valence-electron chi connectivity index (χ3n) is 6.68. The second-order valence-electron chi connectivity index (χ2n) is 9.14. The van der Waals surface area contributed by atoms with Gasteiger partial charge in [-0.2, -0.15) is 0 Å². The molecular formula is C29H21ClN4O3S. The van der Waals surface area contributed by atoms with E-state index < -0.39 is 5.97 Å². The summed E-state index contributed by atoms with van der Waals surface area (Å²) in [4.78, 5) is 36.1. The normalized spacial score (nSPS) is 11.4. The van der Waals surface area contributed by atoms with Gasteiger partial charge < -0.3 is 10.1 Å². The van der Waals surface area contributed by atoms with Crippen LogP contribution in [-0.4, -0.2) is 30.6 Å². The van der Waals surface area contributed by atoms with E-state index in [9.17, 15) is 14.7 Å².